The molecule has 5 heteroatoms. The fourth-order valence-electron chi connectivity index (χ4n) is 2.09. The fourth-order valence-corrected chi connectivity index (χ4v) is 3.94. The number of hydrogen-bond donors (Lipinski definition) is 0. The second kappa shape index (κ2) is 6.71. The number of nitrogens with zero attached hydrogens (tertiary/aromatic N) is 1. The number of ether oxygens (including phenoxy) is 1. The minimum absolute atomic E-state index is 0.315. The zero-order chi connectivity index (χ0) is 12.9. The summed E-state index contributed by atoms with van der Waals surface area (Å²) in [5.74, 6) is 1.62. The van der Waals surface area contributed by atoms with E-state index in [1.807, 2.05) is 7.05 Å². The molecule has 17 heavy (non-hydrogen) atoms. The SMILES string of the molecule is CC(C)COCCN(C)C[C@@H]1CCS(=O)(=O)C1. The number of sulfone groups is 1. The van der Waals surface area contributed by atoms with Gasteiger partial charge in [0.05, 0.1) is 18.1 Å². The van der Waals surface area contributed by atoms with E-state index in [9.17, 15) is 8.42 Å². The zero-order valence-electron chi connectivity index (χ0n) is 11.2. The van der Waals surface area contributed by atoms with Crippen molar-refractivity contribution in [2.75, 3.05) is 44.9 Å². The number of likely N-dealkylation sites (N-methyl/N-ethyl adjacent to an activating group) is 1. The van der Waals surface area contributed by atoms with Crippen LogP contribution < -0.4 is 0 Å². The Morgan fingerprint density at radius 2 is 2.12 bits per heavy atom. The molecule has 102 valence electrons. The summed E-state index contributed by atoms with van der Waals surface area (Å²) in [5.41, 5.74) is 0. The van der Waals surface area contributed by atoms with Crippen molar-refractivity contribution >= 4 is 9.84 Å². The van der Waals surface area contributed by atoms with Crippen molar-refractivity contribution in [3.8, 4) is 0 Å². The largest absolute Gasteiger partial charge is 0.380 e. The Hall–Kier alpha value is -0.130. The van der Waals surface area contributed by atoms with Gasteiger partial charge >= 0.3 is 0 Å². The topological polar surface area (TPSA) is 46.6 Å². The van der Waals surface area contributed by atoms with Crippen molar-refractivity contribution in [3.05, 3.63) is 0 Å². The molecular formula is C12H25NO3S. The van der Waals surface area contributed by atoms with Crippen LogP contribution in [0, 0.1) is 11.8 Å². The maximum atomic E-state index is 11.3. The van der Waals surface area contributed by atoms with Crippen LogP contribution in [0.25, 0.3) is 0 Å². The minimum Gasteiger partial charge on any atom is -0.380 e. The maximum absolute atomic E-state index is 11.3. The second-order valence-corrected chi connectivity index (χ2v) is 7.73. The number of rotatable bonds is 7. The summed E-state index contributed by atoms with van der Waals surface area (Å²) in [4.78, 5) is 2.17. The van der Waals surface area contributed by atoms with Crippen molar-refractivity contribution in [2.24, 2.45) is 11.8 Å². The normalized spacial score (nSPS) is 23.7. The Balaban J connectivity index is 2.11. The van der Waals surface area contributed by atoms with Gasteiger partial charge in [-0.25, -0.2) is 8.42 Å². The average molecular weight is 263 g/mol. The molecule has 0 aromatic heterocycles. The third kappa shape index (κ3) is 6.38. The van der Waals surface area contributed by atoms with E-state index in [4.69, 9.17) is 4.74 Å². The molecule has 0 saturated carbocycles. The van der Waals surface area contributed by atoms with E-state index in [-0.39, 0.29) is 0 Å². The first-order chi connectivity index (χ1) is 7.89. The van der Waals surface area contributed by atoms with E-state index >= 15 is 0 Å². The van der Waals surface area contributed by atoms with Crippen molar-refractivity contribution in [2.45, 2.75) is 20.3 Å². The van der Waals surface area contributed by atoms with Crippen LogP contribution in [0.2, 0.25) is 0 Å². The van der Waals surface area contributed by atoms with E-state index in [0.29, 0.717) is 23.3 Å². The Morgan fingerprint density at radius 1 is 1.41 bits per heavy atom. The number of hydrogen-bond acceptors (Lipinski definition) is 4. The molecular weight excluding hydrogens is 238 g/mol. The molecule has 1 fully saturated rings. The molecule has 0 aliphatic carbocycles. The van der Waals surface area contributed by atoms with Crippen molar-refractivity contribution < 1.29 is 13.2 Å². The molecule has 1 aliphatic heterocycles. The monoisotopic (exact) mass is 263 g/mol. The van der Waals surface area contributed by atoms with Crippen LogP contribution in [0.4, 0.5) is 0 Å². The lowest BCUT2D eigenvalue weighted by Gasteiger charge is -2.20. The van der Waals surface area contributed by atoms with Gasteiger partial charge in [-0.15, -0.1) is 0 Å². The molecule has 4 nitrogen and oxygen atoms in total. The van der Waals surface area contributed by atoms with Crippen LogP contribution in [0.5, 0.6) is 0 Å². The first-order valence-corrected chi connectivity index (χ1v) is 8.18. The maximum Gasteiger partial charge on any atom is 0.150 e. The van der Waals surface area contributed by atoms with Crippen LogP contribution in [0.15, 0.2) is 0 Å². The summed E-state index contributed by atoms with van der Waals surface area (Å²) >= 11 is 0. The molecule has 1 rings (SSSR count). The van der Waals surface area contributed by atoms with E-state index in [2.05, 4.69) is 18.7 Å². The first-order valence-electron chi connectivity index (χ1n) is 6.36. The molecule has 0 radical (unpaired) electrons. The Morgan fingerprint density at radius 3 is 2.65 bits per heavy atom. The van der Waals surface area contributed by atoms with Crippen LogP contribution in [-0.4, -0.2) is 58.2 Å². The third-order valence-electron chi connectivity index (χ3n) is 2.97. The Bertz CT molecular complexity index is 314. The lowest BCUT2D eigenvalue weighted by molar-refractivity contribution is 0.0888. The van der Waals surface area contributed by atoms with Gasteiger partial charge in [-0.2, -0.15) is 0 Å². The van der Waals surface area contributed by atoms with Gasteiger partial charge in [0.2, 0.25) is 0 Å². The molecule has 1 atom stereocenters. The molecule has 0 N–H and O–H groups in total. The van der Waals surface area contributed by atoms with E-state index in [1.165, 1.54) is 0 Å². The molecule has 0 bridgehead atoms. The van der Waals surface area contributed by atoms with Crippen LogP contribution >= 0.6 is 0 Å². The second-order valence-electron chi connectivity index (χ2n) is 5.50. The predicted octanol–water partition coefficient (Wildman–Crippen LogP) is 1.03. The van der Waals surface area contributed by atoms with Gasteiger partial charge in [0, 0.05) is 19.7 Å². The molecule has 0 spiro atoms. The summed E-state index contributed by atoms with van der Waals surface area (Å²) in [6, 6.07) is 0. The highest BCUT2D eigenvalue weighted by Gasteiger charge is 2.28. The average Bonchev–Trinajstić information content (AvgIpc) is 2.52. The van der Waals surface area contributed by atoms with Crippen LogP contribution in [-0.2, 0) is 14.6 Å². The molecule has 1 aliphatic rings. The zero-order valence-corrected chi connectivity index (χ0v) is 12.0. The van der Waals surface area contributed by atoms with Gasteiger partial charge in [0.15, 0.2) is 9.84 Å². The van der Waals surface area contributed by atoms with Crippen molar-refractivity contribution in [1.82, 2.24) is 4.90 Å². The molecule has 0 unspecified atom stereocenters. The summed E-state index contributed by atoms with van der Waals surface area (Å²) in [5, 5.41) is 0. The van der Waals surface area contributed by atoms with Crippen LogP contribution in [0.3, 0.4) is 0 Å². The minimum atomic E-state index is -2.74. The predicted molar refractivity (Wildman–Crippen MR) is 69.9 cm³/mol. The quantitative estimate of drug-likeness (QED) is 0.644. The van der Waals surface area contributed by atoms with Gasteiger partial charge in [0.25, 0.3) is 0 Å². The summed E-state index contributed by atoms with van der Waals surface area (Å²) in [6.45, 7) is 7.54. The highest BCUT2D eigenvalue weighted by atomic mass is 32.2. The molecule has 0 aromatic carbocycles. The van der Waals surface area contributed by atoms with Crippen LogP contribution in [0.1, 0.15) is 20.3 Å². The van der Waals surface area contributed by atoms with Gasteiger partial charge in [-0.1, -0.05) is 13.8 Å². The standard InChI is InChI=1S/C12H25NO3S/c1-11(2)9-16-6-5-13(3)8-12-4-7-17(14,15)10-12/h11-12H,4-10H2,1-3H3/t12-/m0/s1. The van der Waals surface area contributed by atoms with Crippen molar-refractivity contribution in [3.63, 3.8) is 0 Å². The van der Waals surface area contributed by atoms with Crippen molar-refractivity contribution in [1.29, 1.82) is 0 Å². The smallest absolute Gasteiger partial charge is 0.150 e. The van der Waals surface area contributed by atoms with Gasteiger partial charge in [-0.3, -0.25) is 0 Å². The lowest BCUT2D eigenvalue weighted by Crippen LogP contribution is -2.29. The van der Waals surface area contributed by atoms with E-state index in [1.54, 1.807) is 0 Å². The Kier molecular flexibility index (Phi) is 5.89. The van der Waals surface area contributed by atoms with Gasteiger partial charge < -0.3 is 9.64 Å². The third-order valence-corrected chi connectivity index (χ3v) is 4.80. The summed E-state index contributed by atoms with van der Waals surface area (Å²) in [7, 11) is -0.704. The molecule has 0 aromatic rings. The summed E-state index contributed by atoms with van der Waals surface area (Å²) < 4.78 is 28.1. The fraction of sp³-hybridized carbons (Fsp3) is 1.00. The van der Waals surface area contributed by atoms with E-state index in [0.717, 1.165) is 32.7 Å². The summed E-state index contributed by atoms with van der Waals surface area (Å²) in [6.07, 6.45) is 0.819. The highest BCUT2D eigenvalue weighted by Crippen LogP contribution is 2.18. The Labute approximate surface area is 105 Å². The first kappa shape index (κ1) is 14.9. The molecule has 0 amide bonds. The molecule has 1 heterocycles. The van der Waals surface area contributed by atoms with E-state index < -0.39 is 9.84 Å². The highest BCUT2D eigenvalue weighted by molar-refractivity contribution is 7.91. The lowest BCUT2D eigenvalue weighted by atomic mass is 10.1. The van der Waals surface area contributed by atoms with Gasteiger partial charge in [-0.05, 0) is 25.3 Å². The van der Waals surface area contributed by atoms with Gasteiger partial charge in [0.1, 0.15) is 0 Å². The molecule has 1 saturated heterocycles.